The number of carbonyl (C=O) groups is 1. The zero-order valence-corrected chi connectivity index (χ0v) is 9.89. The van der Waals surface area contributed by atoms with Gasteiger partial charge in [-0.25, -0.2) is 0 Å². The Balaban J connectivity index is 2.61. The Morgan fingerprint density at radius 2 is 2.20 bits per heavy atom. The molecule has 2 aromatic heterocycles. The molecule has 1 atom stereocenters. The van der Waals surface area contributed by atoms with Crippen LogP contribution in [0.5, 0.6) is 0 Å². The second-order valence-electron chi connectivity index (χ2n) is 3.32. The van der Waals surface area contributed by atoms with E-state index in [0.29, 0.717) is 16.1 Å². The van der Waals surface area contributed by atoms with Crippen molar-refractivity contribution in [3.63, 3.8) is 0 Å². The maximum Gasteiger partial charge on any atom is 0.178 e. The largest absolute Gasteiger partial charge is 0.299 e. The molecule has 0 saturated heterocycles. The number of aromatic nitrogens is 4. The Labute approximate surface area is 94.6 Å². The molecule has 0 fully saturated rings. The lowest BCUT2D eigenvalue weighted by Gasteiger charge is -2.03. The fourth-order valence-electron chi connectivity index (χ4n) is 1.23. The number of carbonyl (C=O) groups excluding carboxylic acids is 1. The minimum absolute atomic E-state index is 0.0473. The Bertz CT molecular complexity index is 522. The van der Waals surface area contributed by atoms with Crippen LogP contribution in [0.25, 0.3) is 5.65 Å². The van der Waals surface area contributed by atoms with Crippen molar-refractivity contribution < 1.29 is 4.79 Å². The van der Waals surface area contributed by atoms with Crippen LogP contribution in [-0.4, -0.2) is 25.6 Å². The first kappa shape index (κ1) is 10.2. The molecule has 0 saturated carbocycles. The fourth-order valence-corrected chi connectivity index (χ4v) is 1.53. The number of halogens is 1. The van der Waals surface area contributed by atoms with Gasteiger partial charge in [0.2, 0.25) is 0 Å². The number of hydrogen-bond donors (Lipinski definition) is 0. The van der Waals surface area contributed by atoms with Gasteiger partial charge in [0.1, 0.15) is 10.4 Å². The van der Waals surface area contributed by atoms with E-state index >= 15 is 0 Å². The summed E-state index contributed by atoms with van der Waals surface area (Å²) < 4.78 is 2.27. The van der Waals surface area contributed by atoms with Crippen LogP contribution in [-0.2, 0) is 4.79 Å². The molecule has 0 N–H and O–H groups in total. The van der Waals surface area contributed by atoms with Crippen molar-refractivity contribution in [1.82, 2.24) is 19.8 Å². The van der Waals surface area contributed by atoms with Gasteiger partial charge in [0, 0.05) is 0 Å². The first-order valence-electron chi connectivity index (χ1n) is 4.48. The summed E-state index contributed by atoms with van der Waals surface area (Å²) >= 11 is 3.26. The number of ketones is 1. The normalized spacial score (nSPS) is 13.0. The molecule has 15 heavy (non-hydrogen) atoms. The zero-order valence-electron chi connectivity index (χ0n) is 8.31. The lowest BCUT2D eigenvalue weighted by molar-refractivity contribution is -0.118. The molecule has 0 amide bonds. The van der Waals surface area contributed by atoms with E-state index in [2.05, 4.69) is 31.2 Å². The van der Waals surface area contributed by atoms with Crippen molar-refractivity contribution in [3.05, 3.63) is 22.6 Å². The standard InChI is InChI=1S/C9H9BrN4O/c1-5(6(2)15)9-12-11-8-4-3-7(10)13-14(8)9/h3-5H,1-2H3. The number of Topliss-reactive ketones (excluding diaryl/α,β-unsaturated/α-hetero) is 1. The molecule has 0 aliphatic rings. The average Bonchev–Trinajstić information content (AvgIpc) is 2.59. The molecule has 0 spiro atoms. The predicted octanol–water partition coefficient (Wildman–Crippen LogP) is 1.58. The topological polar surface area (TPSA) is 60.2 Å². The fraction of sp³-hybridized carbons (Fsp3) is 0.333. The summed E-state index contributed by atoms with van der Waals surface area (Å²) in [5.41, 5.74) is 0.640. The van der Waals surface area contributed by atoms with Crippen molar-refractivity contribution in [2.24, 2.45) is 0 Å². The van der Waals surface area contributed by atoms with E-state index in [4.69, 9.17) is 0 Å². The van der Waals surface area contributed by atoms with Crippen molar-refractivity contribution in [3.8, 4) is 0 Å². The van der Waals surface area contributed by atoms with Crippen LogP contribution in [0.15, 0.2) is 16.7 Å². The molecule has 0 radical (unpaired) electrons. The van der Waals surface area contributed by atoms with Crippen molar-refractivity contribution in [2.75, 3.05) is 0 Å². The highest BCUT2D eigenvalue weighted by molar-refractivity contribution is 9.10. The van der Waals surface area contributed by atoms with Crippen molar-refractivity contribution in [1.29, 1.82) is 0 Å². The Morgan fingerprint density at radius 3 is 2.87 bits per heavy atom. The molecule has 5 nitrogen and oxygen atoms in total. The van der Waals surface area contributed by atoms with E-state index in [1.54, 1.807) is 23.6 Å². The number of nitrogens with zero attached hydrogens (tertiary/aromatic N) is 4. The summed E-state index contributed by atoms with van der Waals surface area (Å²) in [5, 5.41) is 12.1. The minimum Gasteiger partial charge on any atom is -0.299 e. The number of rotatable bonds is 2. The molecule has 78 valence electrons. The minimum atomic E-state index is -0.290. The molecule has 0 aromatic carbocycles. The number of hydrogen-bond acceptors (Lipinski definition) is 4. The van der Waals surface area contributed by atoms with Gasteiger partial charge in [-0.2, -0.15) is 9.61 Å². The summed E-state index contributed by atoms with van der Waals surface area (Å²) in [5.74, 6) is 0.326. The van der Waals surface area contributed by atoms with Crippen molar-refractivity contribution in [2.45, 2.75) is 19.8 Å². The van der Waals surface area contributed by atoms with Gasteiger partial charge in [0.15, 0.2) is 11.5 Å². The Hall–Kier alpha value is -1.30. The third-order valence-electron chi connectivity index (χ3n) is 2.25. The molecule has 1 unspecified atom stereocenters. The molecular weight excluding hydrogens is 260 g/mol. The highest BCUT2D eigenvalue weighted by Crippen LogP contribution is 2.15. The molecule has 2 heterocycles. The molecule has 2 aromatic rings. The molecule has 0 aliphatic heterocycles. The zero-order chi connectivity index (χ0) is 11.0. The van der Waals surface area contributed by atoms with Gasteiger partial charge in [-0.15, -0.1) is 10.2 Å². The summed E-state index contributed by atoms with van der Waals surface area (Å²) in [6, 6.07) is 3.58. The predicted molar refractivity (Wildman–Crippen MR) is 57.6 cm³/mol. The van der Waals surface area contributed by atoms with Gasteiger partial charge in [-0.05, 0) is 41.9 Å². The average molecular weight is 269 g/mol. The van der Waals surface area contributed by atoms with Gasteiger partial charge < -0.3 is 0 Å². The van der Waals surface area contributed by atoms with Crippen LogP contribution in [0, 0.1) is 0 Å². The Kier molecular flexibility index (Phi) is 2.52. The van der Waals surface area contributed by atoms with Gasteiger partial charge in [0.05, 0.1) is 5.92 Å². The quantitative estimate of drug-likeness (QED) is 0.830. The van der Waals surface area contributed by atoms with E-state index in [0.717, 1.165) is 0 Å². The molecule has 0 aliphatic carbocycles. The van der Waals surface area contributed by atoms with E-state index in [1.165, 1.54) is 6.92 Å². The highest BCUT2D eigenvalue weighted by Gasteiger charge is 2.18. The molecule has 0 bridgehead atoms. The van der Waals surface area contributed by atoms with Crippen molar-refractivity contribution >= 4 is 27.4 Å². The van der Waals surface area contributed by atoms with Gasteiger partial charge in [-0.1, -0.05) is 0 Å². The first-order valence-corrected chi connectivity index (χ1v) is 5.27. The van der Waals surface area contributed by atoms with Crippen LogP contribution in [0.3, 0.4) is 0 Å². The van der Waals surface area contributed by atoms with E-state index in [9.17, 15) is 4.79 Å². The lowest BCUT2D eigenvalue weighted by Crippen LogP contribution is -2.10. The summed E-state index contributed by atoms with van der Waals surface area (Å²) in [6.07, 6.45) is 0. The highest BCUT2D eigenvalue weighted by atomic mass is 79.9. The van der Waals surface area contributed by atoms with Gasteiger partial charge >= 0.3 is 0 Å². The summed E-state index contributed by atoms with van der Waals surface area (Å²) in [6.45, 7) is 3.32. The lowest BCUT2D eigenvalue weighted by atomic mass is 10.1. The molecule has 2 rings (SSSR count). The van der Waals surface area contributed by atoms with Crippen LogP contribution >= 0.6 is 15.9 Å². The third kappa shape index (κ3) is 1.77. The summed E-state index contributed by atoms with van der Waals surface area (Å²) in [4.78, 5) is 11.3. The van der Waals surface area contributed by atoms with Gasteiger partial charge in [-0.3, -0.25) is 4.79 Å². The maximum absolute atomic E-state index is 11.3. The van der Waals surface area contributed by atoms with E-state index < -0.39 is 0 Å². The van der Waals surface area contributed by atoms with Crippen LogP contribution in [0.2, 0.25) is 0 Å². The number of fused-ring (bicyclic) bond motifs is 1. The SMILES string of the molecule is CC(=O)C(C)c1nnc2ccc(Br)nn12. The van der Waals surface area contributed by atoms with Crippen LogP contribution in [0.4, 0.5) is 0 Å². The smallest absolute Gasteiger partial charge is 0.178 e. The first-order chi connectivity index (χ1) is 7.09. The monoisotopic (exact) mass is 268 g/mol. The Morgan fingerprint density at radius 1 is 1.47 bits per heavy atom. The van der Waals surface area contributed by atoms with Crippen LogP contribution in [0.1, 0.15) is 25.6 Å². The maximum atomic E-state index is 11.3. The van der Waals surface area contributed by atoms with E-state index in [1.807, 2.05) is 0 Å². The third-order valence-corrected chi connectivity index (χ3v) is 2.67. The van der Waals surface area contributed by atoms with Gasteiger partial charge in [0.25, 0.3) is 0 Å². The van der Waals surface area contributed by atoms with Crippen LogP contribution < -0.4 is 0 Å². The molecule has 6 heteroatoms. The summed E-state index contributed by atoms with van der Waals surface area (Å²) in [7, 11) is 0. The second-order valence-corrected chi connectivity index (χ2v) is 4.13. The molecular formula is C9H9BrN4O. The van der Waals surface area contributed by atoms with E-state index in [-0.39, 0.29) is 11.7 Å². The second kappa shape index (κ2) is 3.69.